The highest BCUT2D eigenvalue weighted by atomic mass is 16.5. The number of nitrogens with zero attached hydrogens (tertiary/aromatic N) is 1. The summed E-state index contributed by atoms with van der Waals surface area (Å²) in [4.78, 5) is 4.04. The van der Waals surface area contributed by atoms with Crippen LogP contribution >= 0.6 is 0 Å². The quantitative estimate of drug-likeness (QED) is 0.821. The van der Waals surface area contributed by atoms with Gasteiger partial charge in [-0.15, -0.1) is 0 Å². The van der Waals surface area contributed by atoms with Crippen LogP contribution in [-0.4, -0.2) is 23.7 Å². The van der Waals surface area contributed by atoms with Crippen LogP contribution in [0, 0.1) is 0 Å². The van der Waals surface area contributed by atoms with Gasteiger partial charge in [-0.25, -0.2) is 0 Å². The molecule has 3 nitrogen and oxygen atoms in total. The minimum Gasteiger partial charge on any atom is -0.487 e. The van der Waals surface area contributed by atoms with Gasteiger partial charge in [-0.05, 0) is 38.4 Å². The number of pyridine rings is 1. The Bertz CT molecular complexity index is 283. The molecule has 0 radical (unpaired) electrons. The molecule has 1 aliphatic rings. The first-order valence-electron chi connectivity index (χ1n) is 5.66. The first-order chi connectivity index (χ1) is 7.36. The van der Waals surface area contributed by atoms with Crippen molar-refractivity contribution in [2.24, 2.45) is 0 Å². The molecule has 15 heavy (non-hydrogen) atoms. The Labute approximate surface area is 90.9 Å². The Balaban J connectivity index is 1.88. The summed E-state index contributed by atoms with van der Waals surface area (Å²) in [5.41, 5.74) is 0. The van der Waals surface area contributed by atoms with Crippen molar-refractivity contribution < 1.29 is 4.74 Å². The van der Waals surface area contributed by atoms with Gasteiger partial charge in [0.05, 0.1) is 6.20 Å². The van der Waals surface area contributed by atoms with Crippen LogP contribution < -0.4 is 10.1 Å². The number of aromatic nitrogens is 1. The number of ether oxygens (including phenoxy) is 1. The molecule has 0 bridgehead atoms. The van der Waals surface area contributed by atoms with E-state index in [1.807, 2.05) is 12.1 Å². The fourth-order valence-corrected chi connectivity index (χ4v) is 1.99. The summed E-state index contributed by atoms with van der Waals surface area (Å²) in [6.45, 7) is 3.24. The first kappa shape index (κ1) is 10.4. The number of nitrogens with one attached hydrogen (secondary N) is 1. The average Bonchev–Trinajstić information content (AvgIpc) is 2.31. The fraction of sp³-hybridized carbons (Fsp3) is 0.583. The monoisotopic (exact) mass is 206 g/mol. The predicted molar refractivity (Wildman–Crippen MR) is 60.0 cm³/mol. The van der Waals surface area contributed by atoms with Crippen LogP contribution in [0.4, 0.5) is 0 Å². The van der Waals surface area contributed by atoms with Crippen molar-refractivity contribution in [1.29, 1.82) is 0 Å². The Kier molecular flexibility index (Phi) is 3.56. The summed E-state index contributed by atoms with van der Waals surface area (Å²) >= 11 is 0. The molecule has 2 unspecified atom stereocenters. The third-order valence-corrected chi connectivity index (χ3v) is 2.87. The number of hydrogen-bond acceptors (Lipinski definition) is 3. The van der Waals surface area contributed by atoms with Gasteiger partial charge < -0.3 is 10.1 Å². The van der Waals surface area contributed by atoms with Gasteiger partial charge >= 0.3 is 0 Å². The normalized spacial score (nSPS) is 23.4. The van der Waals surface area contributed by atoms with E-state index in [1.165, 1.54) is 19.3 Å². The summed E-state index contributed by atoms with van der Waals surface area (Å²) in [6.07, 6.45) is 7.54. The van der Waals surface area contributed by atoms with E-state index in [1.54, 1.807) is 12.4 Å². The molecule has 1 aliphatic heterocycles. The lowest BCUT2D eigenvalue weighted by Gasteiger charge is -2.29. The highest BCUT2D eigenvalue weighted by molar-refractivity contribution is 5.16. The van der Waals surface area contributed by atoms with Crippen LogP contribution in [0.1, 0.15) is 26.2 Å². The minimum atomic E-state index is 0.217. The zero-order valence-corrected chi connectivity index (χ0v) is 9.15. The SMILES string of the molecule is CC(Oc1cccnc1)C1CCCCN1. The summed E-state index contributed by atoms with van der Waals surface area (Å²) in [7, 11) is 0. The maximum atomic E-state index is 5.83. The van der Waals surface area contributed by atoms with Gasteiger partial charge in [-0.2, -0.15) is 0 Å². The highest BCUT2D eigenvalue weighted by Gasteiger charge is 2.20. The van der Waals surface area contributed by atoms with E-state index in [0.717, 1.165) is 12.3 Å². The predicted octanol–water partition coefficient (Wildman–Crippen LogP) is 1.99. The molecule has 1 fully saturated rings. The highest BCUT2D eigenvalue weighted by Crippen LogP contribution is 2.16. The molecule has 0 amide bonds. The maximum absolute atomic E-state index is 5.83. The van der Waals surface area contributed by atoms with Crippen LogP contribution in [0.2, 0.25) is 0 Å². The van der Waals surface area contributed by atoms with Gasteiger partial charge in [0.2, 0.25) is 0 Å². The van der Waals surface area contributed by atoms with Gasteiger partial charge in [-0.1, -0.05) is 6.42 Å². The standard InChI is InChI=1S/C12H18N2O/c1-10(12-6-2-3-8-14-12)15-11-5-4-7-13-9-11/h4-5,7,9-10,12,14H,2-3,6,8H2,1H3. The molecule has 1 aromatic rings. The lowest BCUT2D eigenvalue weighted by atomic mass is 10.0. The van der Waals surface area contributed by atoms with E-state index in [0.29, 0.717) is 6.04 Å². The van der Waals surface area contributed by atoms with Gasteiger partial charge in [0.25, 0.3) is 0 Å². The van der Waals surface area contributed by atoms with Crippen molar-refractivity contribution in [3.8, 4) is 5.75 Å². The molecule has 0 aliphatic carbocycles. The molecule has 82 valence electrons. The van der Waals surface area contributed by atoms with Crippen LogP contribution in [0.5, 0.6) is 5.75 Å². The molecule has 3 heteroatoms. The molecular weight excluding hydrogens is 188 g/mol. The van der Waals surface area contributed by atoms with Crippen LogP contribution in [0.15, 0.2) is 24.5 Å². The fourth-order valence-electron chi connectivity index (χ4n) is 1.99. The van der Waals surface area contributed by atoms with Crippen molar-refractivity contribution in [3.05, 3.63) is 24.5 Å². The summed E-state index contributed by atoms with van der Waals surface area (Å²) < 4.78 is 5.83. The van der Waals surface area contributed by atoms with E-state index < -0.39 is 0 Å². The molecule has 2 rings (SSSR count). The summed E-state index contributed by atoms with van der Waals surface area (Å²) in [5, 5.41) is 3.49. The molecule has 1 aromatic heterocycles. The minimum absolute atomic E-state index is 0.217. The third-order valence-electron chi connectivity index (χ3n) is 2.87. The molecule has 0 aromatic carbocycles. The number of hydrogen-bond donors (Lipinski definition) is 1. The molecule has 2 atom stereocenters. The van der Waals surface area contributed by atoms with E-state index in [4.69, 9.17) is 4.74 Å². The largest absolute Gasteiger partial charge is 0.487 e. The van der Waals surface area contributed by atoms with Crippen molar-refractivity contribution >= 4 is 0 Å². The van der Waals surface area contributed by atoms with Gasteiger partial charge in [-0.3, -0.25) is 4.98 Å². The zero-order valence-electron chi connectivity index (χ0n) is 9.15. The summed E-state index contributed by atoms with van der Waals surface area (Å²) in [5.74, 6) is 0.859. The molecule has 1 N–H and O–H groups in total. The molecule has 2 heterocycles. The Morgan fingerprint density at radius 3 is 3.13 bits per heavy atom. The van der Waals surface area contributed by atoms with Crippen LogP contribution in [0.3, 0.4) is 0 Å². The van der Waals surface area contributed by atoms with Gasteiger partial charge in [0.1, 0.15) is 11.9 Å². The second-order valence-electron chi connectivity index (χ2n) is 4.07. The van der Waals surface area contributed by atoms with Crippen molar-refractivity contribution in [1.82, 2.24) is 10.3 Å². The molecule has 0 saturated carbocycles. The van der Waals surface area contributed by atoms with Crippen molar-refractivity contribution in [3.63, 3.8) is 0 Å². The lowest BCUT2D eigenvalue weighted by Crippen LogP contribution is -2.44. The number of rotatable bonds is 3. The number of piperidine rings is 1. The summed E-state index contributed by atoms with van der Waals surface area (Å²) in [6, 6.07) is 4.34. The lowest BCUT2D eigenvalue weighted by molar-refractivity contribution is 0.152. The average molecular weight is 206 g/mol. The Morgan fingerprint density at radius 2 is 2.47 bits per heavy atom. The zero-order chi connectivity index (χ0) is 10.5. The Hall–Kier alpha value is -1.09. The van der Waals surface area contributed by atoms with Crippen LogP contribution in [-0.2, 0) is 0 Å². The van der Waals surface area contributed by atoms with E-state index >= 15 is 0 Å². The molecular formula is C12H18N2O. The van der Waals surface area contributed by atoms with E-state index in [2.05, 4.69) is 17.2 Å². The maximum Gasteiger partial charge on any atom is 0.138 e. The molecule has 0 spiro atoms. The smallest absolute Gasteiger partial charge is 0.138 e. The van der Waals surface area contributed by atoms with Crippen molar-refractivity contribution in [2.45, 2.75) is 38.3 Å². The topological polar surface area (TPSA) is 34.1 Å². The molecule has 1 saturated heterocycles. The van der Waals surface area contributed by atoms with Gasteiger partial charge in [0.15, 0.2) is 0 Å². The van der Waals surface area contributed by atoms with Gasteiger partial charge in [0, 0.05) is 12.2 Å². The Morgan fingerprint density at radius 1 is 1.53 bits per heavy atom. The van der Waals surface area contributed by atoms with Crippen molar-refractivity contribution in [2.75, 3.05) is 6.54 Å². The second kappa shape index (κ2) is 5.12. The van der Waals surface area contributed by atoms with E-state index in [9.17, 15) is 0 Å². The van der Waals surface area contributed by atoms with Crippen LogP contribution in [0.25, 0.3) is 0 Å². The van der Waals surface area contributed by atoms with E-state index in [-0.39, 0.29) is 6.10 Å². The third kappa shape index (κ3) is 2.93. The second-order valence-corrected chi connectivity index (χ2v) is 4.07. The first-order valence-corrected chi connectivity index (χ1v) is 5.66.